The highest BCUT2D eigenvalue weighted by atomic mass is 32.1. The molecule has 0 unspecified atom stereocenters. The topological polar surface area (TPSA) is 119 Å². The molecule has 13 nitrogen and oxygen atoms in total. The van der Waals surface area contributed by atoms with Crippen LogP contribution in [0.1, 0.15) is 0 Å². The van der Waals surface area contributed by atoms with Gasteiger partial charge in [0.25, 0.3) is 5.01 Å². The molecule has 654 valence electrons. The molecule has 28 rings (SSSR count). The molecule has 0 saturated carbocycles. The second-order valence-electron chi connectivity index (χ2n) is 34.5. The minimum atomic E-state index is 0.551. The van der Waals surface area contributed by atoms with Gasteiger partial charge in [-0.1, -0.05) is 334 Å². The van der Waals surface area contributed by atoms with E-state index in [1.807, 2.05) is 97.3 Å². The van der Waals surface area contributed by atoms with Crippen molar-refractivity contribution in [3.63, 3.8) is 0 Å². The number of nitrogens with zero attached hydrogens (tertiary/aromatic N) is 9. The summed E-state index contributed by atoms with van der Waals surface area (Å²) in [6.45, 7) is 0. The number of para-hydroxylation sites is 7. The molecular formula is C125H81N9O4S+2. The molecule has 0 atom stereocenters. The largest absolute Gasteiger partial charge is 0.455 e. The molecule has 0 amide bonds. The number of hydrogen-bond donors (Lipinski definition) is 0. The van der Waals surface area contributed by atoms with Crippen molar-refractivity contribution in [2.45, 2.75) is 0 Å². The van der Waals surface area contributed by atoms with Crippen LogP contribution >= 0.6 is 11.5 Å². The van der Waals surface area contributed by atoms with Gasteiger partial charge in [0, 0.05) is 99.6 Å². The summed E-state index contributed by atoms with van der Waals surface area (Å²) >= 11 is 1.64. The number of imidazole rings is 1. The highest BCUT2D eigenvalue weighted by Crippen LogP contribution is 2.51. The smallest absolute Gasteiger partial charge is 0.384 e. The summed E-state index contributed by atoms with van der Waals surface area (Å²) in [6, 6.07) is 167. The van der Waals surface area contributed by atoms with Gasteiger partial charge in [-0.05, 0) is 177 Å². The van der Waals surface area contributed by atoms with E-state index in [9.17, 15) is 0 Å². The van der Waals surface area contributed by atoms with Crippen molar-refractivity contribution >= 4 is 121 Å². The molecule has 0 radical (unpaired) electrons. The van der Waals surface area contributed by atoms with E-state index in [4.69, 9.17) is 27.7 Å². The molecule has 9 heterocycles. The summed E-state index contributed by atoms with van der Waals surface area (Å²) in [6.07, 6.45) is 3.60. The Balaban J connectivity index is 0.000000108. The molecule has 0 N–H and O–H groups in total. The van der Waals surface area contributed by atoms with Crippen LogP contribution < -0.4 is 8.70 Å². The minimum absolute atomic E-state index is 0.551. The van der Waals surface area contributed by atoms with Gasteiger partial charge in [0.05, 0.1) is 77.4 Å². The lowest BCUT2D eigenvalue weighted by Gasteiger charge is -2.13. The van der Waals surface area contributed by atoms with E-state index in [1.165, 1.54) is 0 Å². The fourth-order valence-electron chi connectivity index (χ4n) is 20.2. The third kappa shape index (κ3) is 14.2. The van der Waals surface area contributed by atoms with Crippen LogP contribution in [0.4, 0.5) is 0 Å². The van der Waals surface area contributed by atoms with Crippen molar-refractivity contribution in [2.24, 2.45) is 0 Å². The lowest BCUT2D eigenvalue weighted by molar-refractivity contribution is -0.783. The SMILES string of the molecule is c1ccc(-c2oc3c(ccc4c3c3ccccc3n4-c3cccc(-c4nc[n+](-c5ccccc5)o4)c3)c2-c2ccccc2)cc1.c1ccc(-c2oc3c(ccc4c3c3ccccc3n4-c3cccc(-c4nc[n+](-c5ccccc5)s4)c3)c2-c2ccccc2)cc1.c1ccc(-c2oc3c(ccc4c3c3ccccc3n4-c3cccc(-n4c(-c5ccccc5)nc5ccccc54)c3)c2-c2ccccc2)cc1. The van der Waals surface area contributed by atoms with Gasteiger partial charge in [0.2, 0.25) is 0 Å². The number of furan rings is 3. The predicted octanol–water partition coefficient (Wildman–Crippen LogP) is 31.9. The summed E-state index contributed by atoms with van der Waals surface area (Å²) in [7, 11) is 0. The average molecular weight is 1810 g/mol. The zero-order chi connectivity index (χ0) is 91.8. The number of rotatable bonds is 15. The van der Waals surface area contributed by atoms with Gasteiger partial charge < -0.3 is 27.0 Å². The van der Waals surface area contributed by atoms with E-state index >= 15 is 0 Å². The van der Waals surface area contributed by atoms with Crippen LogP contribution in [0.25, 0.3) is 244 Å². The Morgan fingerprint density at radius 2 is 0.561 bits per heavy atom. The molecule has 9 aromatic heterocycles. The first kappa shape index (κ1) is 81.2. The fourth-order valence-corrected chi connectivity index (χ4v) is 21.1. The third-order valence-corrected chi connectivity index (χ3v) is 27.4. The highest BCUT2D eigenvalue weighted by Gasteiger charge is 2.30. The van der Waals surface area contributed by atoms with Gasteiger partial charge in [0.1, 0.15) is 45.5 Å². The Hall–Kier alpha value is -18.6. The van der Waals surface area contributed by atoms with Gasteiger partial charge in [-0.2, -0.15) is 0 Å². The van der Waals surface area contributed by atoms with Crippen molar-refractivity contribution in [1.82, 2.24) is 33.2 Å². The summed E-state index contributed by atoms with van der Waals surface area (Å²) < 4.78 is 40.0. The molecule has 14 heteroatoms. The van der Waals surface area contributed by atoms with E-state index < -0.39 is 0 Å². The zero-order valence-electron chi connectivity index (χ0n) is 74.8. The lowest BCUT2D eigenvalue weighted by Crippen LogP contribution is -2.26. The predicted molar refractivity (Wildman–Crippen MR) is 564 cm³/mol. The van der Waals surface area contributed by atoms with Crippen LogP contribution in [0.3, 0.4) is 0 Å². The summed E-state index contributed by atoms with van der Waals surface area (Å²) in [5.41, 5.74) is 30.5. The fraction of sp³-hybridized carbons (Fsp3) is 0. The summed E-state index contributed by atoms with van der Waals surface area (Å²) in [5.74, 6) is 4.11. The van der Waals surface area contributed by atoms with Crippen LogP contribution in [0.5, 0.6) is 0 Å². The van der Waals surface area contributed by atoms with Gasteiger partial charge in [-0.3, -0.25) is 4.57 Å². The Labute approximate surface area is 801 Å². The second kappa shape index (κ2) is 34.4. The van der Waals surface area contributed by atoms with Crippen molar-refractivity contribution in [2.75, 3.05) is 0 Å². The Bertz CT molecular complexity index is 9140. The van der Waals surface area contributed by atoms with Crippen molar-refractivity contribution in [3.05, 3.63) is 492 Å². The van der Waals surface area contributed by atoms with Gasteiger partial charge in [-0.25, -0.2) is 9.51 Å². The zero-order valence-corrected chi connectivity index (χ0v) is 75.6. The molecule has 0 spiro atoms. The molecule has 0 aliphatic carbocycles. The molecule has 0 aliphatic heterocycles. The average Bonchev–Trinajstić information content (AvgIpc) is 1.56. The maximum atomic E-state index is 6.98. The molecular weight excluding hydrogens is 1720 g/mol. The van der Waals surface area contributed by atoms with Crippen molar-refractivity contribution < 1.29 is 26.5 Å². The molecule has 19 aromatic carbocycles. The first-order valence-corrected chi connectivity index (χ1v) is 47.3. The van der Waals surface area contributed by atoms with Crippen LogP contribution in [-0.4, -0.2) is 33.2 Å². The number of hydrogen-bond acceptors (Lipinski definition) is 8. The molecule has 0 aliphatic rings. The van der Waals surface area contributed by atoms with Crippen molar-refractivity contribution in [1.29, 1.82) is 0 Å². The van der Waals surface area contributed by atoms with E-state index in [0.29, 0.717) is 5.89 Å². The highest BCUT2D eigenvalue weighted by molar-refractivity contribution is 7.05. The Morgan fingerprint density at radius 3 is 0.993 bits per heavy atom. The maximum absolute atomic E-state index is 6.98. The molecule has 28 aromatic rings. The van der Waals surface area contributed by atoms with E-state index in [1.54, 1.807) is 22.6 Å². The number of fused-ring (bicyclic) bond motifs is 16. The van der Waals surface area contributed by atoms with E-state index in [2.05, 4.69) is 415 Å². The van der Waals surface area contributed by atoms with Crippen LogP contribution in [0.15, 0.2) is 510 Å². The van der Waals surface area contributed by atoms with E-state index in [-0.39, 0.29) is 0 Å². The summed E-state index contributed by atoms with van der Waals surface area (Å²) in [4.78, 5) is 14.5. The quantitative estimate of drug-likeness (QED) is 0.0938. The van der Waals surface area contributed by atoms with Gasteiger partial charge in [-0.15, -0.1) is 3.96 Å². The Kier molecular flexibility index (Phi) is 20.1. The molecule has 139 heavy (non-hydrogen) atoms. The standard InChI is InChI=1S/C45H29N3O.C40H26N3O2.C40H26N3OS/c1-4-15-30(16-5-1)41-36-27-28-40-42(44(36)49-43(41)31-17-6-2-7-18-31)35-23-10-12-25-38(35)47(40)33-21-14-22-34(29-33)48-39-26-13-11-24-37(39)46-45(48)32-19-8-3-9-20-32;2*1-4-13-27(14-5-1)36-33-23-24-35-37(39(33)44-38(36)28-15-6-2-7-16-28)32-21-10-11-22-34(32)43(35)31-20-12-17-29(25-31)40-41-26-42(45-40)30-18-8-3-9-19-30/h1-29H;2*1-26H/q;2*+1. The van der Waals surface area contributed by atoms with Gasteiger partial charge in [0.15, 0.2) is 5.69 Å². The third-order valence-electron chi connectivity index (χ3n) is 26.4. The summed E-state index contributed by atoms with van der Waals surface area (Å²) in [5, 5.41) is 11.0. The second-order valence-corrected chi connectivity index (χ2v) is 35.5. The first-order valence-electron chi connectivity index (χ1n) is 46.5. The molecule has 0 saturated heterocycles. The van der Waals surface area contributed by atoms with Gasteiger partial charge >= 0.3 is 18.5 Å². The minimum Gasteiger partial charge on any atom is -0.455 e. The van der Waals surface area contributed by atoms with Crippen LogP contribution in [-0.2, 0) is 0 Å². The monoisotopic (exact) mass is 1800 g/mol. The molecule has 0 fully saturated rings. The lowest BCUT2D eigenvalue weighted by atomic mass is 9.98. The first-order chi connectivity index (χ1) is 69.0. The maximum Gasteiger partial charge on any atom is 0.384 e. The van der Waals surface area contributed by atoms with Crippen LogP contribution in [0.2, 0.25) is 0 Å². The molecule has 0 bridgehead atoms. The number of aromatic nitrogens is 9. The van der Waals surface area contributed by atoms with Crippen LogP contribution in [0, 0.1) is 0 Å². The van der Waals surface area contributed by atoms with E-state index in [0.717, 1.165) is 238 Å². The number of benzene rings is 19. The van der Waals surface area contributed by atoms with Crippen molar-refractivity contribution in [3.8, 4) is 135 Å². The normalized spacial score (nSPS) is 11.6. The Morgan fingerprint density at radius 1 is 0.230 bits per heavy atom.